The monoisotopic (exact) mass is 523 g/mol. The quantitative estimate of drug-likeness (QED) is 0.343. The number of benzene rings is 3. The highest BCUT2D eigenvalue weighted by Gasteiger charge is 2.33. The van der Waals surface area contributed by atoms with Gasteiger partial charge in [-0.3, -0.25) is 9.36 Å². The van der Waals surface area contributed by atoms with Crippen LogP contribution in [0.2, 0.25) is 0 Å². The first kappa shape index (κ1) is 21.6. The Hall–Kier alpha value is -3.19. The van der Waals surface area contributed by atoms with Gasteiger partial charge in [0.1, 0.15) is 11.3 Å². The highest BCUT2D eigenvalue weighted by Crippen LogP contribution is 2.47. The molecule has 0 saturated heterocycles. The van der Waals surface area contributed by atoms with Crippen molar-refractivity contribution in [3.8, 4) is 5.75 Å². The molecule has 33 heavy (non-hydrogen) atoms. The molecule has 1 atom stereocenters. The van der Waals surface area contributed by atoms with E-state index in [2.05, 4.69) is 26.0 Å². The minimum absolute atomic E-state index is 0.131. The molecule has 1 aliphatic heterocycles. The van der Waals surface area contributed by atoms with Crippen LogP contribution in [0.25, 0.3) is 10.9 Å². The molecule has 2 heterocycles. The molecule has 4 aromatic rings. The molecule has 0 aliphatic carbocycles. The molecule has 0 spiro atoms. The van der Waals surface area contributed by atoms with Crippen LogP contribution in [0, 0.1) is 6.92 Å². The summed E-state index contributed by atoms with van der Waals surface area (Å²) in [4.78, 5) is 24.3. The number of pyridine rings is 1. The van der Waals surface area contributed by atoms with Gasteiger partial charge in [-0.05, 0) is 48.9 Å². The number of halogens is 1. The summed E-state index contributed by atoms with van der Waals surface area (Å²) in [6, 6.07) is 19.6. The van der Waals surface area contributed by atoms with Gasteiger partial charge in [-0.25, -0.2) is 0 Å². The number of para-hydroxylation sites is 1. The number of hydrogen-bond acceptors (Lipinski definition) is 4. The first-order valence-corrected chi connectivity index (χ1v) is 12.6. The van der Waals surface area contributed by atoms with E-state index >= 15 is 0 Å². The number of rotatable bonds is 3. The molecule has 0 radical (unpaired) electrons. The minimum atomic E-state index is -4.15. The molecule has 166 valence electrons. The summed E-state index contributed by atoms with van der Waals surface area (Å²) in [5, 5.41) is 14.7. The number of anilines is 1. The van der Waals surface area contributed by atoms with Crippen LogP contribution in [0.5, 0.6) is 5.75 Å². The lowest BCUT2D eigenvalue weighted by molar-refractivity contribution is 0.477. The van der Waals surface area contributed by atoms with Gasteiger partial charge < -0.3 is 19.9 Å². The Labute approximate surface area is 197 Å². The number of amidine groups is 1. The molecule has 0 amide bonds. The Morgan fingerprint density at radius 1 is 1.09 bits per heavy atom. The fraction of sp³-hybridized carbons (Fsp3) is 0.0833. The molecule has 3 aromatic carbocycles. The van der Waals surface area contributed by atoms with Gasteiger partial charge in [0.2, 0.25) is 0 Å². The molecule has 1 aliphatic rings. The van der Waals surface area contributed by atoms with Crippen LogP contribution in [0.3, 0.4) is 0 Å². The second-order valence-corrected chi connectivity index (χ2v) is 10.6. The van der Waals surface area contributed by atoms with Crippen molar-refractivity contribution in [3.63, 3.8) is 0 Å². The Balaban J connectivity index is 1.75. The highest BCUT2D eigenvalue weighted by molar-refractivity contribution is 9.10. The van der Waals surface area contributed by atoms with E-state index in [1.807, 2.05) is 31.2 Å². The molecule has 1 aromatic heterocycles. The topological polar surface area (TPSA) is 104 Å². The molecule has 5 rings (SSSR count). The maximum absolute atomic E-state index is 13.7. The lowest BCUT2D eigenvalue weighted by Gasteiger charge is -2.23. The van der Waals surface area contributed by atoms with Gasteiger partial charge in [0, 0.05) is 9.86 Å². The zero-order chi connectivity index (χ0) is 23.3. The third-order valence-corrected chi connectivity index (χ3v) is 7.53. The van der Waals surface area contributed by atoms with E-state index in [1.54, 1.807) is 42.5 Å². The zero-order valence-electron chi connectivity index (χ0n) is 17.5. The van der Waals surface area contributed by atoms with Crippen LogP contribution < -0.4 is 16.2 Å². The van der Waals surface area contributed by atoms with Crippen LogP contribution in [-0.4, -0.2) is 20.4 Å². The summed E-state index contributed by atoms with van der Waals surface area (Å²) in [6.07, 6.45) is 0. The minimum Gasteiger partial charge on any atom is -0.506 e. The third kappa shape index (κ3) is 3.80. The van der Waals surface area contributed by atoms with Crippen molar-refractivity contribution < 1.29 is 14.6 Å². The van der Waals surface area contributed by atoms with E-state index in [4.69, 9.17) is 0 Å². The van der Waals surface area contributed by atoms with Crippen LogP contribution in [0.1, 0.15) is 16.7 Å². The van der Waals surface area contributed by atoms with Gasteiger partial charge in [-0.15, -0.1) is 0 Å². The van der Waals surface area contributed by atoms with Gasteiger partial charge in [-0.1, -0.05) is 51.8 Å². The Morgan fingerprint density at radius 2 is 1.88 bits per heavy atom. The Kier molecular flexibility index (Phi) is 5.24. The van der Waals surface area contributed by atoms with Crippen molar-refractivity contribution in [2.45, 2.75) is 13.5 Å². The van der Waals surface area contributed by atoms with Crippen molar-refractivity contribution in [3.05, 3.63) is 98.2 Å². The van der Waals surface area contributed by atoms with E-state index in [0.29, 0.717) is 16.6 Å². The first-order valence-electron chi connectivity index (χ1n) is 10.2. The van der Waals surface area contributed by atoms with Gasteiger partial charge >= 0.3 is 7.52 Å². The van der Waals surface area contributed by atoms with Crippen LogP contribution >= 0.6 is 23.4 Å². The predicted molar refractivity (Wildman–Crippen MR) is 134 cm³/mol. The maximum Gasteiger partial charge on any atom is 0.346 e. The van der Waals surface area contributed by atoms with Crippen LogP contribution in [-0.2, 0) is 11.1 Å². The molecule has 0 saturated carbocycles. The Morgan fingerprint density at radius 3 is 2.67 bits per heavy atom. The summed E-state index contributed by atoms with van der Waals surface area (Å²) >= 11 is 3.45. The number of fused-ring (bicyclic) bond motifs is 2. The summed E-state index contributed by atoms with van der Waals surface area (Å²) in [5.41, 5.74) is 1.94. The third-order valence-electron chi connectivity index (χ3n) is 5.57. The van der Waals surface area contributed by atoms with Gasteiger partial charge in [0.15, 0.2) is 5.84 Å². The fourth-order valence-electron chi connectivity index (χ4n) is 4.02. The Bertz CT molecular complexity index is 1580. The number of nitrogens with one attached hydrogen (secondary N) is 1. The zero-order valence-corrected chi connectivity index (χ0v) is 20.0. The van der Waals surface area contributed by atoms with Crippen molar-refractivity contribution in [2.75, 3.05) is 5.32 Å². The molecule has 9 heteroatoms. The van der Waals surface area contributed by atoms with E-state index in [1.165, 1.54) is 4.57 Å². The molecule has 3 N–H and O–H groups in total. The second kappa shape index (κ2) is 7.99. The SMILES string of the molecule is Cc1ccc2c(c1)P(=O)(O)N=C(c1c(O)c3ccccc3n(Cc3cccc(Br)c3)c1=O)N2. The standard InChI is InChI=1S/C24H19BrN3O4P/c1-14-9-10-18-20(11-14)33(31,32)27-23(26-18)21-22(29)17-7-2-3-8-19(17)28(24(21)30)13-15-5-4-6-16(25)12-15/h2-12,29H,13H2,1H3,(H2,26,27,31,32). The second-order valence-electron chi connectivity index (χ2n) is 7.90. The van der Waals surface area contributed by atoms with Gasteiger partial charge in [0.05, 0.1) is 23.1 Å². The average molecular weight is 524 g/mol. The van der Waals surface area contributed by atoms with Crippen molar-refractivity contribution in [1.82, 2.24) is 4.57 Å². The lowest BCUT2D eigenvalue weighted by atomic mass is 10.1. The van der Waals surface area contributed by atoms with Crippen molar-refractivity contribution in [1.29, 1.82) is 0 Å². The van der Waals surface area contributed by atoms with Gasteiger partial charge in [0.25, 0.3) is 5.56 Å². The maximum atomic E-state index is 13.7. The van der Waals surface area contributed by atoms with Crippen LogP contribution in [0.4, 0.5) is 5.69 Å². The van der Waals surface area contributed by atoms with E-state index in [-0.39, 0.29) is 29.0 Å². The predicted octanol–water partition coefficient (Wildman–Crippen LogP) is 4.51. The van der Waals surface area contributed by atoms with Crippen molar-refractivity contribution in [2.24, 2.45) is 4.76 Å². The number of aromatic hydroxyl groups is 1. The molecule has 7 nitrogen and oxygen atoms in total. The average Bonchev–Trinajstić information content (AvgIpc) is 2.77. The molecule has 0 bridgehead atoms. The number of aromatic nitrogens is 1. The van der Waals surface area contributed by atoms with Crippen molar-refractivity contribution >= 4 is 51.2 Å². The summed E-state index contributed by atoms with van der Waals surface area (Å²) < 4.78 is 19.4. The molecular weight excluding hydrogens is 505 g/mol. The molecule has 1 unspecified atom stereocenters. The first-order chi connectivity index (χ1) is 15.7. The smallest absolute Gasteiger partial charge is 0.346 e. The number of nitrogens with zero attached hydrogens (tertiary/aromatic N) is 2. The largest absolute Gasteiger partial charge is 0.506 e. The van der Waals surface area contributed by atoms with E-state index in [0.717, 1.165) is 15.6 Å². The van der Waals surface area contributed by atoms with E-state index < -0.39 is 13.1 Å². The highest BCUT2D eigenvalue weighted by atomic mass is 79.9. The van der Waals surface area contributed by atoms with Crippen LogP contribution in [0.15, 0.2) is 80.8 Å². The normalized spacial score (nSPS) is 17.4. The molecular formula is C24H19BrN3O4P. The summed E-state index contributed by atoms with van der Waals surface area (Å²) in [6.45, 7) is 2.06. The lowest BCUT2D eigenvalue weighted by Crippen LogP contribution is -2.33. The summed E-state index contributed by atoms with van der Waals surface area (Å²) in [5.74, 6) is -0.420. The van der Waals surface area contributed by atoms with E-state index in [9.17, 15) is 19.4 Å². The molecule has 0 fully saturated rings. The number of aryl methyl sites for hydroxylation is 1. The fourth-order valence-corrected chi connectivity index (χ4v) is 5.81. The van der Waals surface area contributed by atoms with Gasteiger partial charge in [-0.2, -0.15) is 4.76 Å². The summed E-state index contributed by atoms with van der Waals surface area (Å²) in [7, 11) is -4.15. The number of hydrogen-bond donors (Lipinski definition) is 3.